The molecule has 372 valence electrons. The van der Waals surface area contributed by atoms with E-state index in [4.69, 9.17) is 33.2 Å². The molecular formula is C51H86F4O9. The Labute approximate surface area is 384 Å². The lowest BCUT2D eigenvalue weighted by atomic mass is 10.0. The predicted octanol–water partition coefficient (Wildman–Crippen LogP) is 12.2. The average Bonchev–Trinajstić information content (AvgIpc) is 4.07. The Hall–Kier alpha value is -2.10. The van der Waals surface area contributed by atoms with E-state index in [9.17, 15) is 17.6 Å². The number of allylic oxidation sites excluding steroid dienone is 1. The molecule has 5 aliphatic rings. The molecule has 0 saturated carbocycles. The van der Waals surface area contributed by atoms with E-state index in [0.717, 1.165) is 57.9 Å². The number of hydrogen-bond donors (Lipinski definition) is 0. The van der Waals surface area contributed by atoms with E-state index in [0.29, 0.717) is 44.2 Å². The van der Waals surface area contributed by atoms with Gasteiger partial charge >= 0.3 is 12.3 Å². The zero-order valence-corrected chi connectivity index (χ0v) is 39.8. The van der Waals surface area contributed by atoms with Crippen molar-refractivity contribution in [2.24, 2.45) is 5.92 Å². The van der Waals surface area contributed by atoms with Gasteiger partial charge in [0.1, 0.15) is 43.4 Å². The van der Waals surface area contributed by atoms with Crippen LogP contribution in [0, 0.1) is 5.92 Å². The van der Waals surface area contributed by atoms with Crippen LogP contribution in [0.1, 0.15) is 135 Å². The predicted molar refractivity (Wildman–Crippen MR) is 247 cm³/mol. The molecule has 5 saturated heterocycles. The summed E-state index contributed by atoms with van der Waals surface area (Å²) >= 11 is 0. The number of alkyl halides is 4. The maximum Gasteiger partial charge on any atom is 0.330 e. The first-order valence-electron chi connectivity index (χ1n) is 24.5. The summed E-state index contributed by atoms with van der Waals surface area (Å²) in [5.74, 6) is -2.32. The molecule has 0 amide bonds. The Morgan fingerprint density at radius 3 is 1.67 bits per heavy atom. The summed E-state index contributed by atoms with van der Waals surface area (Å²) in [4.78, 5) is 0. The van der Waals surface area contributed by atoms with Crippen molar-refractivity contribution >= 4 is 0 Å². The van der Waals surface area contributed by atoms with E-state index < -0.39 is 19.0 Å². The molecule has 5 aliphatic heterocycles. The van der Waals surface area contributed by atoms with Gasteiger partial charge in [0.25, 0.3) is 0 Å². The Morgan fingerprint density at radius 2 is 1.14 bits per heavy atom. The molecule has 0 radical (unpaired) electrons. The van der Waals surface area contributed by atoms with Crippen LogP contribution in [0.3, 0.4) is 0 Å². The maximum absolute atomic E-state index is 12.1. The third kappa shape index (κ3) is 37.0. The topological polar surface area (TPSA) is 99.6 Å². The third-order valence-corrected chi connectivity index (χ3v) is 10.8. The third-order valence-electron chi connectivity index (χ3n) is 10.8. The maximum atomic E-state index is 12.1. The quantitative estimate of drug-likeness (QED) is 0.0285. The fourth-order valence-electron chi connectivity index (χ4n) is 6.07. The largest absolute Gasteiger partial charge is 0.491 e. The molecule has 0 N–H and O–H groups in total. The molecule has 0 bridgehead atoms. The summed E-state index contributed by atoms with van der Waals surface area (Å²) in [6.07, 6.45) is 25.5. The van der Waals surface area contributed by atoms with Crippen LogP contribution in [-0.2, 0) is 44.3 Å². The Bertz CT molecular complexity index is 1220. The van der Waals surface area contributed by atoms with Crippen molar-refractivity contribution in [3.63, 3.8) is 0 Å². The highest BCUT2D eigenvalue weighted by atomic mass is 19.3. The van der Waals surface area contributed by atoms with Crippen molar-refractivity contribution in [2.75, 3.05) is 79.3 Å². The molecule has 6 atom stereocenters. The van der Waals surface area contributed by atoms with Crippen LogP contribution >= 0.6 is 0 Å². The summed E-state index contributed by atoms with van der Waals surface area (Å²) in [6.45, 7) is 20.6. The van der Waals surface area contributed by atoms with Crippen LogP contribution < -0.4 is 4.74 Å². The van der Waals surface area contributed by atoms with E-state index in [-0.39, 0.29) is 12.7 Å². The van der Waals surface area contributed by atoms with Crippen molar-refractivity contribution < 1.29 is 60.2 Å². The minimum absolute atomic E-state index is 0.0394. The van der Waals surface area contributed by atoms with E-state index in [1.54, 1.807) is 6.08 Å². The van der Waals surface area contributed by atoms with E-state index in [2.05, 4.69) is 67.7 Å². The van der Waals surface area contributed by atoms with Gasteiger partial charge in [-0.3, -0.25) is 0 Å². The number of ether oxygens (including phenoxy) is 9. The van der Waals surface area contributed by atoms with Gasteiger partial charge in [-0.15, -0.1) is 13.2 Å². The number of epoxide rings is 5. The lowest BCUT2D eigenvalue weighted by Gasteiger charge is -2.14. The number of aryl methyl sites for hydroxylation is 1. The Balaban J connectivity index is 0.000000285. The van der Waals surface area contributed by atoms with Crippen LogP contribution in [0.15, 0.2) is 49.6 Å². The summed E-state index contributed by atoms with van der Waals surface area (Å²) in [5.41, 5.74) is 1.42. The zero-order valence-electron chi connectivity index (χ0n) is 39.8. The molecular weight excluding hydrogens is 833 g/mol. The summed E-state index contributed by atoms with van der Waals surface area (Å²) in [5, 5.41) is 0. The van der Waals surface area contributed by atoms with Crippen molar-refractivity contribution in [3.8, 4) is 5.75 Å². The second-order valence-electron chi connectivity index (χ2n) is 17.2. The second-order valence-corrected chi connectivity index (χ2v) is 17.2. The first-order chi connectivity index (χ1) is 31.1. The van der Waals surface area contributed by atoms with Gasteiger partial charge in [-0.25, -0.2) is 8.78 Å². The fraction of sp³-hybridized carbons (Fsp3) is 0.804. The van der Waals surface area contributed by atoms with Gasteiger partial charge in [0.05, 0.1) is 65.6 Å². The van der Waals surface area contributed by atoms with Gasteiger partial charge in [-0.1, -0.05) is 122 Å². The van der Waals surface area contributed by atoms with Crippen molar-refractivity contribution in [1.82, 2.24) is 0 Å². The second kappa shape index (κ2) is 37.9. The van der Waals surface area contributed by atoms with Crippen molar-refractivity contribution in [3.05, 3.63) is 55.1 Å². The monoisotopic (exact) mass is 919 g/mol. The number of halogens is 4. The van der Waals surface area contributed by atoms with Crippen molar-refractivity contribution in [1.29, 1.82) is 0 Å². The van der Waals surface area contributed by atoms with Gasteiger partial charge in [-0.05, 0) is 62.1 Å². The lowest BCUT2D eigenvalue weighted by Crippen LogP contribution is -2.32. The molecule has 0 aliphatic carbocycles. The first-order valence-corrected chi connectivity index (χ1v) is 24.5. The molecule has 9 nitrogen and oxygen atoms in total. The van der Waals surface area contributed by atoms with E-state index in [1.807, 2.05) is 6.08 Å². The smallest absolute Gasteiger partial charge is 0.330 e. The molecule has 1 aromatic rings. The standard InChI is InChI=1S/C18H28O2.C11H22O2.C10H18O.C6H8F4O2.C6H10O2/c1-2-3-4-5-6-7-8-9-16-10-12-17(13-11-16)19-14-18-15-20-18;1-3-5-6-10(4-2)7-12-8-11-9-13-11;1-2-3-4-5-6-7-8-10-9-11-10;7-5(8)6(9,10)3-11-1-4-2-12-4;1-2-3-7-4-6-5-8-6/h10-13,18H,2-9,14-15H2,1H3;10-11H,3-9H2,1-2H3;2,10H,1,3-9H2;4-5H,1-3H2;2,6H,1,3-5H2. The van der Waals surface area contributed by atoms with Crippen molar-refractivity contribution in [2.45, 2.75) is 179 Å². The lowest BCUT2D eigenvalue weighted by molar-refractivity contribution is -0.166. The van der Waals surface area contributed by atoms with E-state index in [1.165, 1.54) is 121 Å². The fourth-order valence-corrected chi connectivity index (χ4v) is 6.07. The minimum Gasteiger partial charge on any atom is -0.491 e. The van der Waals surface area contributed by atoms with Gasteiger partial charge in [0.2, 0.25) is 0 Å². The van der Waals surface area contributed by atoms with Gasteiger partial charge < -0.3 is 42.6 Å². The summed E-state index contributed by atoms with van der Waals surface area (Å²) < 4.78 is 92.7. The molecule has 0 aromatic heterocycles. The Kier molecular flexibility index (Phi) is 34.4. The molecule has 5 fully saturated rings. The molecule has 64 heavy (non-hydrogen) atoms. The zero-order chi connectivity index (χ0) is 46.5. The normalized spacial score (nSPS) is 21.3. The van der Waals surface area contributed by atoms with Crippen LogP contribution in [-0.4, -0.2) is 122 Å². The molecule has 13 heteroatoms. The number of benzene rings is 1. The summed E-state index contributed by atoms with van der Waals surface area (Å²) in [6, 6.07) is 8.55. The van der Waals surface area contributed by atoms with E-state index >= 15 is 0 Å². The number of hydrogen-bond acceptors (Lipinski definition) is 9. The van der Waals surface area contributed by atoms with Gasteiger partial charge in [-0.2, -0.15) is 8.78 Å². The molecule has 0 spiro atoms. The SMILES string of the molecule is C=CCCCCCCC1CO1.C=CCOCC1CO1.CCCCC(CC)COCC1CO1.CCCCCCCCCc1ccc(OCC2CO2)cc1.FC(F)C(F)(F)COCC1CO1. The van der Waals surface area contributed by atoms with Crippen LogP contribution in [0.25, 0.3) is 0 Å². The molecule has 6 unspecified atom stereocenters. The van der Waals surface area contributed by atoms with Crippen LogP contribution in [0.2, 0.25) is 0 Å². The average molecular weight is 919 g/mol. The molecule has 6 rings (SSSR count). The highest BCUT2D eigenvalue weighted by molar-refractivity contribution is 5.27. The number of unbranched alkanes of at least 4 members (excludes halogenated alkanes) is 11. The van der Waals surface area contributed by atoms with Gasteiger partial charge in [0.15, 0.2) is 0 Å². The molecule has 1 aromatic carbocycles. The van der Waals surface area contributed by atoms with Crippen LogP contribution in [0.5, 0.6) is 5.75 Å². The highest BCUT2D eigenvalue weighted by Gasteiger charge is 2.41. The Morgan fingerprint density at radius 1 is 0.625 bits per heavy atom. The van der Waals surface area contributed by atoms with Gasteiger partial charge in [0, 0.05) is 6.61 Å². The minimum atomic E-state index is -4.05. The molecule has 5 heterocycles. The van der Waals surface area contributed by atoms with Crippen LogP contribution in [0.4, 0.5) is 17.6 Å². The first kappa shape index (κ1) is 58.0. The number of rotatable bonds is 35. The highest BCUT2D eigenvalue weighted by Crippen LogP contribution is 2.24. The summed E-state index contributed by atoms with van der Waals surface area (Å²) in [7, 11) is 0.